The molecular weight excluding hydrogens is 276 g/mol. The van der Waals surface area contributed by atoms with Gasteiger partial charge in [0.1, 0.15) is 11.3 Å². The number of hydrogen-bond donors (Lipinski definition) is 0. The van der Waals surface area contributed by atoms with Crippen LogP contribution in [0.2, 0.25) is 0 Å². The van der Waals surface area contributed by atoms with Crippen molar-refractivity contribution in [2.45, 2.75) is 37.8 Å². The van der Waals surface area contributed by atoms with Crippen molar-refractivity contribution in [3.63, 3.8) is 0 Å². The molecule has 0 radical (unpaired) electrons. The van der Waals surface area contributed by atoms with Crippen molar-refractivity contribution in [3.05, 3.63) is 66.8 Å². The first-order valence-corrected chi connectivity index (χ1v) is 7.56. The average Bonchev–Trinajstić information content (AvgIpc) is 3.11. The number of esters is 1. The number of carbonyl (C=O) groups is 1. The highest BCUT2D eigenvalue weighted by atomic mass is 16.6. The van der Waals surface area contributed by atoms with Gasteiger partial charge < -0.3 is 9.30 Å². The molecule has 22 heavy (non-hydrogen) atoms. The third-order valence-corrected chi connectivity index (χ3v) is 4.21. The average molecular weight is 296 g/mol. The van der Waals surface area contributed by atoms with Crippen molar-refractivity contribution < 1.29 is 9.53 Å². The number of nitrogens with zero attached hydrogens (tertiary/aromatic N) is 2. The molecule has 1 fully saturated rings. The van der Waals surface area contributed by atoms with Crippen LogP contribution in [0, 0.1) is 0 Å². The summed E-state index contributed by atoms with van der Waals surface area (Å²) in [5.74, 6) is -0.306. The molecule has 0 N–H and O–H groups in total. The number of aromatic nitrogens is 2. The third-order valence-electron chi connectivity index (χ3n) is 4.21. The number of ether oxygens (including phenoxy) is 1. The van der Waals surface area contributed by atoms with E-state index < -0.39 is 0 Å². The molecule has 0 aliphatic heterocycles. The van der Waals surface area contributed by atoms with Gasteiger partial charge >= 0.3 is 5.97 Å². The second kappa shape index (κ2) is 5.79. The first-order valence-electron chi connectivity index (χ1n) is 7.56. The first kappa shape index (κ1) is 14.6. The maximum Gasteiger partial charge on any atom is 0.357 e. The quantitative estimate of drug-likeness (QED) is 0.602. The maximum atomic E-state index is 12.5. The van der Waals surface area contributed by atoms with Gasteiger partial charge in [0, 0.05) is 6.42 Å². The van der Waals surface area contributed by atoms with Gasteiger partial charge in [-0.2, -0.15) is 0 Å². The molecule has 1 aliphatic rings. The van der Waals surface area contributed by atoms with Crippen molar-refractivity contribution in [3.8, 4) is 0 Å². The fourth-order valence-electron chi connectivity index (χ4n) is 2.66. The van der Waals surface area contributed by atoms with Crippen molar-refractivity contribution in [1.82, 2.24) is 9.55 Å². The normalized spacial score (nSPS) is 16.8. The summed E-state index contributed by atoms with van der Waals surface area (Å²) in [6.45, 7) is 5.78. The smallest absolute Gasteiger partial charge is 0.357 e. The highest BCUT2D eigenvalue weighted by Crippen LogP contribution is 2.43. The molecule has 0 amide bonds. The van der Waals surface area contributed by atoms with Crippen molar-refractivity contribution in [2.24, 2.45) is 0 Å². The molecule has 1 atom stereocenters. The lowest BCUT2D eigenvalue weighted by Gasteiger charge is -2.19. The molecule has 1 aliphatic carbocycles. The van der Waals surface area contributed by atoms with E-state index in [0.29, 0.717) is 12.1 Å². The second-order valence-corrected chi connectivity index (χ2v) is 5.84. The van der Waals surface area contributed by atoms with Gasteiger partial charge in [-0.15, -0.1) is 6.58 Å². The van der Waals surface area contributed by atoms with E-state index in [9.17, 15) is 4.79 Å². The van der Waals surface area contributed by atoms with Crippen LogP contribution in [0.5, 0.6) is 0 Å². The summed E-state index contributed by atoms with van der Waals surface area (Å²) in [4.78, 5) is 16.6. The molecule has 1 heterocycles. The van der Waals surface area contributed by atoms with Crippen molar-refractivity contribution in [2.75, 3.05) is 0 Å². The van der Waals surface area contributed by atoms with Crippen LogP contribution >= 0.6 is 0 Å². The summed E-state index contributed by atoms with van der Waals surface area (Å²) in [5, 5.41) is 0. The highest BCUT2D eigenvalue weighted by molar-refractivity contribution is 5.88. The monoisotopic (exact) mass is 296 g/mol. The molecule has 2 aromatic rings. The van der Waals surface area contributed by atoms with Crippen LogP contribution in [0.3, 0.4) is 0 Å². The van der Waals surface area contributed by atoms with Gasteiger partial charge in [0.2, 0.25) is 0 Å². The lowest BCUT2D eigenvalue weighted by Crippen LogP contribution is -2.22. The Kier molecular flexibility index (Phi) is 3.84. The minimum absolute atomic E-state index is 0.0285. The Hall–Kier alpha value is -2.36. The van der Waals surface area contributed by atoms with Gasteiger partial charge in [0.05, 0.1) is 18.6 Å². The number of carbonyl (C=O) groups excluding carboxylic acids is 1. The molecule has 4 heteroatoms. The Labute approximate surface area is 130 Å². The number of benzene rings is 1. The molecule has 114 valence electrons. The van der Waals surface area contributed by atoms with Crippen molar-refractivity contribution in [1.29, 1.82) is 0 Å². The van der Waals surface area contributed by atoms with Crippen LogP contribution in [0.4, 0.5) is 0 Å². The van der Waals surface area contributed by atoms with Crippen LogP contribution in [0.15, 0.2) is 55.5 Å². The summed E-state index contributed by atoms with van der Waals surface area (Å²) in [7, 11) is 0. The summed E-state index contributed by atoms with van der Waals surface area (Å²) < 4.78 is 7.55. The molecule has 0 bridgehead atoms. The van der Waals surface area contributed by atoms with E-state index in [1.807, 2.05) is 47.9 Å². The van der Waals surface area contributed by atoms with Crippen LogP contribution in [-0.2, 0) is 4.74 Å². The lowest BCUT2D eigenvalue weighted by atomic mass is 10.1. The standard InChI is InChI=1S/C18H20N2O2/c1-3-9-18(10-11-18)22-17(21)16-12-19-13-20(16)14(2)15-7-5-4-6-8-15/h3-8,12-14H,1,9-11H2,2H3. The van der Waals surface area contributed by atoms with E-state index in [2.05, 4.69) is 11.6 Å². The number of imidazole rings is 1. The molecule has 0 spiro atoms. The SMILES string of the molecule is C=CCC1(OC(=O)c2cncn2C(C)c2ccccc2)CC1. The molecule has 1 saturated carbocycles. The molecule has 1 aromatic heterocycles. The first-order chi connectivity index (χ1) is 10.7. The molecular formula is C18H20N2O2. The lowest BCUT2D eigenvalue weighted by molar-refractivity contribution is 0.0221. The molecule has 1 unspecified atom stereocenters. The Morgan fingerprint density at radius 1 is 1.45 bits per heavy atom. The fraction of sp³-hybridized carbons (Fsp3) is 0.333. The molecule has 1 aromatic carbocycles. The van der Waals surface area contributed by atoms with Gasteiger partial charge in [0.25, 0.3) is 0 Å². The zero-order valence-electron chi connectivity index (χ0n) is 12.7. The minimum Gasteiger partial charge on any atom is -0.454 e. The predicted octanol–water partition coefficient (Wildman–Crippen LogP) is 3.76. The number of rotatable bonds is 6. The van der Waals surface area contributed by atoms with E-state index in [1.165, 1.54) is 0 Å². The van der Waals surface area contributed by atoms with Crippen LogP contribution in [-0.4, -0.2) is 21.1 Å². The van der Waals surface area contributed by atoms with Gasteiger partial charge in [-0.25, -0.2) is 9.78 Å². The zero-order chi connectivity index (χ0) is 15.6. The van der Waals surface area contributed by atoms with E-state index in [-0.39, 0.29) is 17.6 Å². The second-order valence-electron chi connectivity index (χ2n) is 5.84. The summed E-state index contributed by atoms with van der Waals surface area (Å²) in [6, 6.07) is 10.1. The predicted molar refractivity (Wildman–Crippen MR) is 84.7 cm³/mol. The summed E-state index contributed by atoms with van der Waals surface area (Å²) in [6.07, 6.45) is 7.60. The Balaban J connectivity index is 1.80. The Morgan fingerprint density at radius 3 is 2.82 bits per heavy atom. The molecule has 4 nitrogen and oxygen atoms in total. The van der Waals surface area contributed by atoms with Crippen LogP contribution in [0.1, 0.15) is 48.3 Å². The van der Waals surface area contributed by atoms with Gasteiger partial charge in [0.15, 0.2) is 0 Å². The largest absolute Gasteiger partial charge is 0.454 e. The Morgan fingerprint density at radius 2 is 2.18 bits per heavy atom. The van der Waals surface area contributed by atoms with E-state index in [1.54, 1.807) is 12.5 Å². The van der Waals surface area contributed by atoms with Gasteiger partial charge in [-0.1, -0.05) is 36.4 Å². The Bertz CT molecular complexity index is 671. The third kappa shape index (κ3) is 2.82. The topological polar surface area (TPSA) is 44.1 Å². The zero-order valence-corrected chi connectivity index (χ0v) is 12.7. The van der Waals surface area contributed by atoms with Crippen LogP contribution < -0.4 is 0 Å². The molecule has 0 saturated heterocycles. The van der Waals surface area contributed by atoms with E-state index in [4.69, 9.17) is 4.74 Å². The highest BCUT2D eigenvalue weighted by Gasteiger charge is 2.46. The minimum atomic E-state index is -0.329. The fourth-order valence-corrected chi connectivity index (χ4v) is 2.66. The van der Waals surface area contributed by atoms with Crippen LogP contribution in [0.25, 0.3) is 0 Å². The summed E-state index contributed by atoms with van der Waals surface area (Å²) in [5.41, 5.74) is 1.29. The van der Waals surface area contributed by atoms with E-state index >= 15 is 0 Å². The summed E-state index contributed by atoms with van der Waals surface area (Å²) >= 11 is 0. The van der Waals surface area contributed by atoms with E-state index in [0.717, 1.165) is 18.4 Å². The van der Waals surface area contributed by atoms with Gasteiger partial charge in [-0.05, 0) is 25.3 Å². The molecule has 3 rings (SSSR count). The van der Waals surface area contributed by atoms with Crippen molar-refractivity contribution >= 4 is 5.97 Å². The number of hydrogen-bond acceptors (Lipinski definition) is 3. The van der Waals surface area contributed by atoms with Gasteiger partial charge in [-0.3, -0.25) is 0 Å². The maximum absolute atomic E-state index is 12.5.